The third-order valence-corrected chi connectivity index (χ3v) is 6.02. The van der Waals surface area contributed by atoms with Crippen molar-refractivity contribution >= 4 is 6.09 Å². The highest BCUT2D eigenvalue weighted by Gasteiger charge is 2.31. The first-order chi connectivity index (χ1) is 15.5. The van der Waals surface area contributed by atoms with Crippen LogP contribution < -0.4 is 14.2 Å². The summed E-state index contributed by atoms with van der Waals surface area (Å²) in [6.45, 7) is 12.3. The molecule has 0 atom stereocenters. The minimum atomic E-state index is -0.887. The summed E-state index contributed by atoms with van der Waals surface area (Å²) in [5.74, 6) is 1.89. The third-order valence-electron chi connectivity index (χ3n) is 6.02. The van der Waals surface area contributed by atoms with E-state index < -0.39 is 17.4 Å². The molecule has 0 fully saturated rings. The van der Waals surface area contributed by atoms with E-state index in [0.29, 0.717) is 19.7 Å². The van der Waals surface area contributed by atoms with Crippen LogP contribution in [0.1, 0.15) is 51.3 Å². The van der Waals surface area contributed by atoms with Crippen molar-refractivity contribution in [2.75, 3.05) is 19.8 Å². The largest absolute Gasteiger partial charge is 0.478 e. The highest BCUT2D eigenvalue weighted by atomic mass is 16.7. The molecule has 2 heterocycles. The van der Waals surface area contributed by atoms with Crippen molar-refractivity contribution in [2.45, 2.75) is 65.3 Å². The zero-order valence-corrected chi connectivity index (χ0v) is 20.2. The Labute approximate surface area is 195 Å². The normalized spacial score (nSPS) is 16.8. The number of carboxylic acid groups (broad SMARTS) is 1. The number of carbonyl (C=O) groups is 1. The van der Waals surface area contributed by atoms with Crippen molar-refractivity contribution in [3.05, 3.63) is 53.1 Å². The number of fused-ring (bicyclic) bond motifs is 2. The van der Waals surface area contributed by atoms with Crippen LogP contribution in [-0.2, 0) is 19.4 Å². The number of amides is 1. The highest BCUT2D eigenvalue weighted by Crippen LogP contribution is 2.39. The van der Waals surface area contributed by atoms with E-state index in [2.05, 4.69) is 23.1 Å². The zero-order valence-electron chi connectivity index (χ0n) is 20.2. The van der Waals surface area contributed by atoms with Gasteiger partial charge in [0.1, 0.15) is 12.5 Å². The molecule has 0 unspecified atom stereocenters. The number of rotatable bonds is 6. The quantitative estimate of drug-likeness (QED) is 0.669. The summed E-state index contributed by atoms with van der Waals surface area (Å²) in [7, 11) is 0. The number of benzene rings is 2. The van der Waals surface area contributed by atoms with E-state index in [0.717, 1.165) is 47.9 Å². The third kappa shape index (κ3) is 5.53. The number of ether oxygens (including phenoxy) is 3. The van der Waals surface area contributed by atoms with Gasteiger partial charge in [-0.05, 0) is 62.9 Å². The number of hydrogen-bond donors (Lipinski definition) is 1. The van der Waals surface area contributed by atoms with Crippen LogP contribution in [0.5, 0.6) is 17.2 Å². The molecule has 0 radical (unpaired) electrons. The molecule has 2 aliphatic rings. The van der Waals surface area contributed by atoms with Crippen molar-refractivity contribution in [1.29, 1.82) is 0 Å². The maximum atomic E-state index is 11.6. The van der Waals surface area contributed by atoms with Crippen LogP contribution in [0.25, 0.3) is 0 Å². The molecule has 0 bridgehead atoms. The van der Waals surface area contributed by atoms with Crippen molar-refractivity contribution in [1.82, 2.24) is 9.80 Å². The van der Waals surface area contributed by atoms with Crippen molar-refractivity contribution < 1.29 is 24.1 Å². The monoisotopic (exact) mass is 454 g/mol. The average molecular weight is 455 g/mol. The number of hydrogen-bond acceptors (Lipinski definition) is 5. The molecule has 0 aliphatic carbocycles. The second-order valence-electron chi connectivity index (χ2n) is 10.3. The van der Waals surface area contributed by atoms with Crippen LogP contribution in [0.2, 0.25) is 0 Å². The van der Waals surface area contributed by atoms with Gasteiger partial charge in [-0.2, -0.15) is 0 Å². The Hall–Kier alpha value is -2.93. The van der Waals surface area contributed by atoms with Gasteiger partial charge in [0.2, 0.25) is 5.79 Å². The molecule has 2 aromatic rings. The number of nitrogens with zero attached hydrogens (tertiary/aromatic N) is 2. The molecular formula is C26H34N2O5. The SMILES string of the molecule is CC1(C)Oc2ccc(CCN3COc4ccc(CCN(C(=O)O)C(C)(C)C)cc4C3)cc2O1. The van der Waals surface area contributed by atoms with Crippen molar-refractivity contribution in [3.63, 3.8) is 0 Å². The molecule has 2 aliphatic heterocycles. The van der Waals surface area contributed by atoms with Gasteiger partial charge in [-0.25, -0.2) is 4.79 Å². The van der Waals surface area contributed by atoms with E-state index in [-0.39, 0.29) is 0 Å². The molecule has 1 N–H and O–H groups in total. The molecule has 4 rings (SSSR count). The van der Waals surface area contributed by atoms with Crippen molar-refractivity contribution in [3.8, 4) is 17.2 Å². The van der Waals surface area contributed by atoms with Crippen LogP contribution in [0.3, 0.4) is 0 Å². The fraction of sp³-hybridized carbons (Fsp3) is 0.500. The Bertz CT molecular complexity index is 1030. The summed E-state index contributed by atoms with van der Waals surface area (Å²) in [5, 5.41) is 9.53. The first kappa shape index (κ1) is 23.2. The second-order valence-corrected chi connectivity index (χ2v) is 10.3. The molecule has 1 amide bonds. The Kier molecular flexibility index (Phi) is 6.18. The molecule has 0 aromatic heterocycles. The topological polar surface area (TPSA) is 71.5 Å². The van der Waals surface area contributed by atoms with E-state index >= 15 is 0 Å². The fourth-order valence-corrected chi connectivity index (χ4v) is 4.31. The van der Waals surface area contributed by atoms with Gasteiger partial charge in [0, 0.05) is 44.6 Å². The maximum Gasteiger partial charge on any atom is 0.407 e. The lowest BCUT2D eigenvalue weighted by molar-refractivity contribution is -0.0431. The predicted octanol–water partition coefficient (Wildman–Crippen LogP) is 4.91. The van der Waals surface area contributed by atoms with Crippen LogP contribution in [0, 0.1) is 0 Å². The Morgan fingerprint density at radius 3 is 2.39 bits per heavy atom. The van der Waals surface area contributed by atoms with Gasteiger partial charge in [-0.1, -0.05) is 18.2 Å². The Morgan fingerprint density at radius 2 is 1.70 bits per heavy atom. The van der Waals surface area contributed by atoms with E-state index in [1.165, 1.54) is 10.5 Å². The minimum Gasteiger partial charge on any atom is -0.478 e. The van der Waals surface area contributed by atoms with Gasteiger partial charge in [0.25, 0.3) is 0 Å². The smallest absolute Gasteiger partial charge is 0.407 e. The first-order valence-electron chi connectivity index (χ1n) is 11.5. The summed E-state index contributed by atoms with van der Waals surface area (Å²) in [5.41, 5.74) is 3.03. The summed E-state index contributed by atoms with van der Waals surface area (Å²) in [4.78, 5) is 15.4. The maximum absolute atomic E-state index is 11.6. The van der Waals surface area contributed by atoms with Crippen molar-refractivity contribution in [2.24, 2.45) is 0 Å². The molecule has 2 aromatic carbocycles. The molecule has 7 heteroatoms. The molecule has 33 heavy (non-hydrogen) atoms. The standard InChI is InChI=1S/C26H34N2O5/c1-25(2,3)28(24(29)30)13-11-18-6-8-21-20(14-18)16-27(17-31-21)12-10-19-7-9-22-23(15-19)33-26(4,5)32-22/h6-9,14-15H,10-13,16-17H2,1-5H3,(H,29,30). The molecular weight excluding hydrogens is 420 g/mol. The van der Waals surface area contributed by atoms with Crippen LogP contribution in [0.4, 0.5) is 4.79 Å². The second kappa shape index (κ2) is 8.78. The van der Waals surface area contributed by atoms with Gasteiger partial charge in [-0.15, -0.1) is 0 Å². The predicted molar refractivity (Wildman–Crippen MR) is 126 cm³/mol. The van der Waals surface area contributed by atoms with Crippen LogP contribution in [-0.4, -0.2) is 52.1 Å². The van der Waals surface area contributed by atoms with Gasteiger partial charge in [-0.3, -0.25) is 4.90 Å². The lowest BCUT2D eigenvalue weighted by atomic mass is 10.0. The summed E-state index contributed by atoms with van der Waals surface area (Å²) in [6, 6.07) is 12.3. The fourth-order valence-electron chi connectivity index (χ4n) is 4.31. The first-order valence-corrected chi connectivity index (χ1v) is 11.5. The molecule has 178 valence electrons. The van der Waals surface area contributed by atoms with Crippen LogP contribution >= 0.6 is 0 Å². The average Bonchev–Trinajstić information content (AvgIpc) is 3.03. The molecule has 7 nitrogen and oxygen atoms in total. The highest BCUT2D eigenvalue weighted by molar-refractivity contribution is 5.66. The Morgan fingerprint density at radius 1 is 1.03 bits per heavy atom. The van der Waals surface area contributed by atoms with E-state index in [9.17, 15) is 9.90 Å². The molecule has 0 spiro atoms. The zero-order chi connectivity index (χ0) is 23.8. The van der Waals surface area contributed by atoms with Gasteiger partial charge >= 0.3 is 6.09 Å². The summed E-state index contributed by atoms with van der Waals surface area (Å²) in [6.07, 6.45) is 0.668. The van der Waals surface area contributed by atoms with Gasteiger partial charge in [0.15, 0.2) is 11.5 Å². The minimum absolute atomic E-state index is 0.426. The van der Waals surface area contributed by atoms with Gasteiger partial charge in [0.05, 0.1) is 0 Å². The van der Waals surface area contributed by atoms with E-state index in [1.54, 1.807) is 0 Å². The summed E-state index contributed by atoms with van der Waals surface area (Å²) >= 11 is 0. The van der Waals surface area contributed by atoms with Gasteiger partial charge < -0.3 is 24.2 Å². The molecule has 0 saturated carbocycles. The lowest BCUT2D eigenvalue weighted by Crippen LogP contribution is -2.45. The molecule has 0 saturated heterocycles. The van der Waals surface area contributed by atoms with Crippen LogP contribution in [0.15, 0.2) is 36.4 Å². The Balaban J connectivity index is 1.35. The van der Waals surface area contributed by atoms with E-state index in [4.69, 9.17) is 14.2 Å². The van der Waals surface area contributed by atoms with E-state index in [1.807, 2.05) is 52.8 Å². The lowest BCUT2D eigenvalue weighted by Gasteiger charge is -2.33. The summed E-state index contributed by atoms with van der Waals surface area (Å²) < 4.78 is 17.6.